The normalized spacial score (nSPS) is 14.5. The van der Waals surface area contributed by atoms with E-state index in [2.05, 4.69) is 50.1 Å². The summed E-state index contributed by atoms with van der Waals surface area (Å²) >= 11 is 0. The van der Waals surface area contributed by atoms with Gasteiger partial charge in [-0.3, -0.25) is 9.69 Å². The summed E-state index contributed by atoms with van der Waals surface area (Å²) in [5.41, 5.74) is 3.59. The Hall–Kier alpha value is -2.86. The molecule has 6 heteroatoms. The molecule has 0 atom stereocenters. The molecule has 0 unspecified atom stereocenters. The molecule has 1 saturated heterocycles. The van der Waals surface area contributed by atoms with Crippen LogP contribution >= 0.6 is 0 Å². The Kier molecular flexibility index (Phi) is 8.72. The molecule has 2 aromatic carbocycles. The Morgan fingerprint density at radius 1 is 0.900 bits per heavy atom. The molecule has 0 radical (unpaired) electrons. The van der Waals surface area contributed by atoms with Gasteiger partial charge in [-0.05, 0) is 49.5 Å². The van der Waals surface area contributed by atoms with Crippen molar-refractivity contribution in [1.29, 1.82) is 0 Å². The smallest absolute Gasteiger partial charge is 0.239 e. The molecule has 0 bridgehead atoms. The third-order valence-corrected chi connectivity index (χ3v) is 5.14. The van der Waals surface area contributed by atoms with Crippen LogP contribution in [0.25, 0.3) is 0 Å². The van der Waals surface area contributed by atoms with Gasteiger partial charge < -0.3 is 16.0 Å². The molecule has 1 aliphatic heterocycles. The zero-order chi connectivity index (χ0) is 21.0. The fraction of sp³-hybridized carbons (Fsp3) is 0.417. The minimum Gasteiger partial charge on any atom is -0.357 e. The van der Waals surface area contributed by atoms with Gasteiger partial charge in [0.15, 0.2) is 5.96 Å². The van der Waals surface area contributed by atoms with Gasteiger partial charge >= 0.3 is 0 Å². The van der Waals surface area contributed by atoms with Crippen LogP contribution in [0.2, 0.25) is 0 Å². The highest BCUT2D eigenvalue weighted by molar-refractivity contribution is 5.86. The number of hydrogen-bond donors (Lipinski definition) is 3. The first-order valence-corrected chi connectivity index (χ1v) is 10.9. The Balaban J connectivity index is 1.44. The van der Waals surface area contributed by atoms with Gasteiger partial charge in [0, 0.05) is 19.6 Å². The monoisotopic (exact) mass is 407 g/mol. The number of guanidine groups is 1. The molecule has 3 N–H and O–H groups in total. The summed E-state index contributed by atoms with van der Waals surface area (Å²) < 4.78 is 0. The van der Waals surface area contributed by atoms with Gasteiger partial charge in [-0.1, -0.05) is 54.6 Å². The van der Waals surface area contributed by atoms with E-state index in [1.165, 1.54) is 31.5 Å². The van der Waals surface area contributed by atoms with Crippen LogP contribution in [-0.2, 0) is 24.4 Å². The topological polar surface area (TPSA) is 68.8 Å². The van der Waals surface area contributed by atoms with Crippen molar-refractivity contribution >= 4 is 11.9 Å². The second-order valence-electron chi connectivity index (χ2n) is 7.61. The summed E-state index contributed by atoms with van der Waals surface area (Å²) in [6.07, 6.45) is 2.63. The summed E-state index contributed by atoms with van der Waals surface area (Å²) in [6, 6.07) is 18.6. The molecule has 1 amide bonds. The van der Waals surface area contributed by atoms with Crippen molar-refractivity contribution in [3.63, 3.8) is 0 Å². The van der Waals surface area contributed by atoms with Gasteiger partial charge in [0.2, 0.25) is 5.91 Å². The van der Waals surface area contributed by atoms with Crippen molar-refractivity contribution < 1.29 is 4.79 Å². The average molecular weight is 408 g/mol. The molecule has 2 aromatic rings. The zero-order valence-corrected chi connectivity index (χ0v) is 17.9. The molecule has 1 heterocycles. The maximum Gasteiger partial charge on any atom is 0.239 e. The molecule has 6 nitrogen and oxygen atoms in total. The van der Waals surface area contributed by atoms with E-state index >= 15 is 0 Å². The maximum atomic E-state index is 12.1. The Morgan fingerprint density at radius 2 is 1.60 bits per heavy atom. The number of hydrogen-bond acceptors (Lipinski definition) is 3. The number of aliphatic imine (C=N–C) groups is 1. The minimum atomic E-state index is -0.0595. The highest BCUT2D eigenvalue weighted by Crippen LogP contribution is 2.13. The molecule has 0 spiro atoms. The van der Waals surface area contributed by atoms with Gasteiger partial charge in [0.25, 0.3) is 0 Å². The third kappa shape index (κ3) is 7.52. The quantitative estimate of drug-likeness (QED) is 0.442. The van der Waals surface area contributed by atoms with E-state index in [-0.39, 0.29) is 12.5 Å². The molecule has 0 saturated carbocycles. The van der Waals surface area contributed by atoms with E-state index in [9.17, 15) is 4.79 Å². The summed E-state index contributed by atoms with van der Waals surface area (Å²) in [7, 11) is 0. The van der Waals surface area contributed by atoms with Crippen molar-refractivity contribution in [2.24, 2.45) is 4.99 Å². The molecule has 1 aliphatic rings. The standard InChI is InChI=1S/C24H33N5O/c1-2-25-24(28-18-23(30)26-16-20-8-4-3-5-9-20)27-17-21-10-12-22(13-11-21)19-29-14-6-7-15-29/h3-5,8-13H,2,6-7,14-19H2,1H3,(H,26,30)(H2,25,27,28). The second kappa shape index (κ2) is 12.0. The van der Waals surface area contributed by atoms with E-state index in [4.69, 9.17) is 0 Å². The van der Waals surface area contributed by atoms with Gasteiger partial charge in [-0.25, -0.2) is 4.99 Å². The molecule has 0 aliphatic carbocycles. The van der Waals surface area contributed by atoms with Gasteiger partial charge in [-0.2, -0.15) is 0 Å². The lowest BCUT2D eigenvalue weighted by Crippen LogP contribution is -2.43. The lowest BCUT2D eigenvalue weighted by Gasteiger charge is -2.14. The van der Waals surface area contributed by atoms with Crippen LogP contribution in [0.5, 0.6) is 0 Å². The van der Waals surface area contributed by atoms with Crippen molar-refractivity contribution in [3.05, 3.63) is 71.3 Å². The molecule has 160 valence electrons. The fourth-order valence-corrected chi connectivity index (χ4v) is 3.48. The van der Waals surface area contributed by atoms with Crippen molar-refractivity contribution in [2.75, 3.05) is 26.2 Å². The minimum absolute atomic E-state index is 0.0595. The summed E-state index contributed by atoms with van der Waals surface area (Å²) in [5.74, 6) is 0.587. The lowest BCUT2D eigenvalue weighted by molar-refractivity contribution is -0.120. The van der Waals surface area contributed by atoms with Crippen molar-refractivity contribution in [1.82, 2.24) is 20.9 Å². The Labute approximate surface area is 179 Å². The highest BCUT2D eigenvalue weighted by atomic mass is 16.1. The fourth-order valence-electron chi connectivity index (χ4n) is 3.48. The number of benzene rings is 2. The SMILES string of the molecule is CCNC(=NCc1ccc(CN2CCCC2)cc1)NCC(=O)NCc1ccccc1. The number of likely N-dealkylation sites (tertiary alicyclic amines) is 1. The van der Waals surface area contributed by atoms with E-state index < -0.39 is 0 Å². The molecule has 30 heavy (non-hydrogen) atoms. The van der Waals surface area contributed by atoms with E-state index in [0.717, 1.165) is 24.2 Å². The van der Waals surface area contributed by atoms with Crippen LogP contribution in [0.15, 0.2) is 59.6 Å². The van der Waals surface area contributed by atoms with Crippen LogP contribution in [0.3, 0.4) is 0 Å². The molecular formula is C24H33N5O. The second-order valence-corrected chi connectivity index (χ2v) is 7.61. The van der Waals surface area contributed by atoms with Gasteiger partial charge in [0.05, 0.1) is 13.1 Å². The van der Waals surface area contributed by atoms with E-state index in [0.29, 0.717) is 19.0 Å². The van der Waals surface area contributed by atoms with Crippen LogP contribution in [0, 0.1) is 0 Å². The number of nitrogens with zero attached hydrogens (tertiary/aromatic N) is 2. The predicted molar refractivity (Wildman–Crippen MR) is 122 cm³/mol. The van der Waals surface area contributed by atoms with E-state index in [1.807, 2.05) is 37.3 Å². The molecular weight excluding hydrogens is 374 g/mol. The average Bonchev–Trinajstić information content (AvgIpc) is 3.29. The summed E-state index contributed by atoms with van der Waals surface area (Å²) in [6.45, 7) is 7.50. The number of amides is 1. The number of rotatable bonds is 9. The first-order valence-electron chi connectivity index (χ1n) is 10.9. The molecule has 1 fully saturated rings. The summed E-state index contributed by atoms with van der Waals surface area (Å²) in [4.78, 5) is 19.2. The highest BCUT2D eigenvalue weighted by Gasteiger charge is 2.11. The van der Waals surface area contributed by atoms with Crippen LogP contribution < -0.4 is 16.0 Å². The number of carbonyl (C=O) groups excluding carboxylic acids is 1. The Morgan fingerprint density at radius 3 is 2.30 bits per heavy atom. The van der Waals surface area contributed by atoms with Gasteiger partial charge in [-0.15, -0.1) is 0 Å². The first-order chi connectivity index (χ1) is 14.7. The maximum absolute atomic E-state index is 12.1. The number of nitrogens with one attached hydrogen (secondary N) is 3. The summed E-state index contributed by atoms with van der Waals surface area (Å²) in [5, 5.41) is 9.22. The Bertz CT molecular complexity index is 798. The van der Waals surface area contributed by atoms with Gasteiger partial charge in [0.1, 0.15) is 0 Å². The van der Waals surface area contributed by atoms with Crippen molar-refractivity contribution in [2.45, 2.75) is 39.4 Å². The predicted octanol–water partition coefficient (Wildman–Crippen LogP) is 2.65. The largest absolute Gasteiger partial charge is 0.357 e. The first kappa shape index (κ1) is 21.8. The van der Waals surface area contributed by atoms with Crippen LogP contribution in [0.4, 0.5) is 0 Å². The van der Waals surface area contributed by atoms with Crippen molar-refractivity contribution in [3.8, 4) is 0 Å². The molecule has 3 rings (SSSR count). The number of carbonyl (C=O) groups is 1. The zero-order valence-electron chi connectivity index (χ0n) is 17.9. The van der Waals surface area contributed by atoms with E-state index in [1.54, 1.807) is 0 Å². The lowest BCUT2D eigenvalue weighted by atomic mass is 10.1. The third-order valence-electron chi connectivity index (χ3n) is 5.14. The molecule has 0 aromatic heterocycles. The van der Waals surface area contributed by atoms with Crippen LogP contribution in [0.1, 0.15) is 36.5 Å². The van der Waals surface area contributed by atoms with Crippen LogP contribution in [-0.4, -0.2) is 42.9 Å².